The number of hydrogen-bond donors (Lipinski definition) is 1. The largest absolute Gasteiger partial charge is 0.498 e. The van der Waals surface area contributed by atoms with E-state index >= 15 is 0 Å². The molecule has 0 unspecified atom stereocenters. The molecule has 1 fully saturated rings. The first-order valence-electron chi connectivity index (χ1n) is 9.42. The van der Waals surface area contributed by atoms with E-state index in [1.807, 2.05) is 39.8 Å². The van der Waals surface area contributed by atoms with Crippen LogP contribution in [-0.2, 0) is 9.31 Å². The van der Waals surface area contributed by atoms with Crippen LogP contribution in [0.25, 0.3) is 10.9 Å². The number of rotatable bonds is 4. The average molecular weight is 393 g/mol. The Morgan fingerprint density at radius 3 is 2.24 bits per heavy atom. The van der Waals surface area contributed by atoms with Crippen molar-refractivity contribution in [2.24, 2.45) is 0 Å². The lowest BCUT2D eigenvalue weighted by Crippen LogP contribution is -2.41. The predicted octanol–water partition coefficient (Wildman–Crippen LogP) is 3.31. The number of methoxy groups -OCH3 is 1. The van der Waals surface area contributed by atoms with Crippen molar-refractivity contribution in [3.63, 3.8) is 0 Å². The van der Waals surface area contributed by atoms with E-state index < -0.39 is 18.3 Å². The third-order valence-corrected chi connectivity index (χ3v) is 5.55. The Bertz CT molecular complexity index is 1040. The highest BCUT2D eigenvalue weighted by Gasteiger charge is 2.52. The number of hydrogen-bond acceptors (Lipinski definition) is 7. The molecule has 1 aliphatic rings. The van der Waals surface area contributed by atoms with Gasteiger partial charge < -0.3 is 24.5 Å². The molecule has 2 N–H and O–H groups in total. The van der Waals surface area contributed by atoms with Crippen molar-refractivity contribution in [1.29, 1.82) is 0 Å². The quantitative estimate of drug-likeness (QED) is 0.537. The van der Waals surface area contributed by atoms with Crippen LogP contribution in [-0.4, -0.2) is 35.4 Å². The van der Waals surface area contributed by atoms with Gasteiger partial charge >= 0.3 is 7.12 Å². The van der Waals surface area contributed by atoms with Crippen LogP contribution in [0.4, 0.5) is 5.69 Å². The summed E-state index contributed by atoms with van der Waals surface area (Å²) in [7, 11) is 1.03. The zero-order valence-electron chi connectivity index (χ0n) is 17.2. The van der Waals surface area contributed by atoms with Crippen LogP contribution in [0.5, 0.6) is 17.4 Å². The second-order valence-corrected chi connectivity index (χ2v) is 8.05. The number of anilines is 1. The molecular weight excluding hydrogens is 369 g/mol. The van der Waals surface area contributed by atoms with E-state index in [1.165, 1.54) is 6.33 Å². The summed E-state index contributed by atoms with van der Waals surface area (Å²) >= 11 is 0. The smallest absolute Gasteiger partial charge is 0.497 e. The van der Waals surface area contributed by atoms with E-state index in [2.05, 4.69) is 9.97 Å². The minimum absolute atomic E-state index is 0.431. The maximum absolute atomic E-state index is 6.22. The molecule has 0 bridgehead atoms. The monoisotopic (exact) mass is 393 g/mol. The Labute approximate surface area is 170 Å². The van der Waals surface area contributed by atoms with Crippen molar-refractivity contribution in [2.45, 2.75) is 38.9 Å². The van der Waals surface area contributed by atoms with E-state index in [1.54, 1.807) is 31.4 Å². The normalized spacial score (nSPS) is 17.5. The Morgan fingerprint density at radius 2 is 1.62 bits per heavy atom. The molecule has 4 rings (SSSR count). The lowest BCUT2D eigenvalue weighted by atomic mass is 9.77. The second kappa shape index (κ2) is 6.90. The van der Waals surface area contributed by atoms with Crippen molar-refractivity contribution in [3.05, 3.63) is 42.7 Å². The molecule has 2 heterocycles. The fourth-order valence-corrected chi connectivity index (χ4v) is 3.14. The van der Waals surface area contributed by atoms with Crippen molar-refractivity contribution in [3.8, 4) is 17.4 Å². The number of nitrogen functional groups attached to an aromatic ring is 1. The third-order valence-electron chi connectivity index (χ3n) is 5.55. The molecule has 0 aliphatic carbocycles. The summed E-state index contributed by atoms with van der Waals surface area (Å²) in [4.78, 5) is 8.68. The number of aromatic nitrogens is 2. The first-order chi connectivity index (χ1) is 13.7. The maximum Gasteiger partial charge on any atom is 0.498 e. The first kappa shape index (κ1) is 19.5. The zero-order valence-corrected chi connectivity index (χ0v) is 17.2. The summed E-state index contributed by atoms with van der Waals surface area (Å²) in [5.74, 6) is 1.69. The molecule has 0 radical (unpaired) electrons. The van der Waals surface area contributed by atoms with Gasteiger partial charge in [-0.15, -0.1) is 0 Å². The highest BCUT2D eigenvalue weighted by molar-refractivity contribution is 6.63. The molecule has 150 valence electrons. The van der Waals surface area contributed by atoms with Gasteiger partial charge in [-0.05, 0) is 58.0 Å². The van der Waals surface area contributed by atoms with Gasteiger partial charge in [0, 0.05) is 17.2 Å². The highest BCUT2D eigenvalue weighted by Crippen LogP contribution is 2.38. The van der Waals surface area contributed by atoms with Crippen LogP contribution in [0.1, 0.15) is 27.7 Å². The molecular formula is C21H24BN3O4. The molecule has 1 saturated heterocycles. The van der Waals surface area contributed by atoms with Gasteiger partial charge in [0.2, 0.25) is 5.88 Å². The SMILES string of the molecule is COc1cc2ncnc(Oc3ccc(N)cc3)c2cc1B1OC(C)(C)C(C)(C)O1. The molecule has 8 heteroatoms. The maximum atomic E-state index is 6.22. The lowest BCUT2D eigenvalue weighted by molar-refractivity contribution is 0.00578. The number of fused-ring (bicyclic) bond motifs is 1. The number of nitrogens with two attached hydrogens (primary N) is 1. The van der Waals surface area contributed by atoms with Gasteiger partial charge in [0.1, 0.15) is 17.8 Å². The summed E-state index contributed by atoms with van der Waals surface area (Å²) in [5.41, 5.74) is 6.95. The van der Waals surface area contributed by atoms with Crippen LogP contribution in [0.15, 0.2) is 42.7 Å². The van der Waals surface area contributed by atoms with Crippen LogP contribution in [0.3, 0.4) is 0 Å². The first-order valence-corrected chi connectivity index (χ1v) is 9.42. The molecule has 1 aliphatic heterocycles. The molecule has 0 spiro atoms. The molecule has 1 aromatic heterocycles. The molecule has 0 saturated carbocycles. The van der Waals surface area contributed by atoms with Crippen molar-refractivity contribution < 1.29 is 18.8 Å². The van der Waals surface area contributed by atoms with E-state index in [0.717, 1.165) is 10.8 Å². The van der Waals surface area contributed by atoms with Crippen LogP contribution >= 0.6 is 0 Å². The van der Waals surface area contributed by atoms with Crippen LogP contribution in [0.2, 0.25) is 0 Å². The fraction of sp³-hybridized carbons (Fsp3) is 0.333. The van der Waals surface area contributed by atoms with Gasteiger partial charge in [0.25, 0.3) is 0 Å². The Balaban J connectivity index is 1.78. The number of nitrogens with zero attached hydrogens (tertiary/aromatic N) is 2. The Morgan fingerprint density at radius 1 is 0.966 bits per heavy atom. The summed E-state index contributed by atoms with van der Waals surface area (Å²) < 4.78 is 24.0. The molecule has 3 aromatic rings. The summed E-state index contributed by atoms with van der Waals surface area (Å²) in [6.45, 7) is 8.05. The summed E-state index contributed by atoms with van der Waals surface area (Å²) in [5, 5.41) is 0.731. The topological polar surface area (TPSA) is 88.7 Å². The molecule has 0 atom stereocenters. The van der Waals surface area contributed by atoms with Crippen LogP contribution in [0, 0.1) is 0 Å². The molecule has 7 nitrogen and oxygen atoms in total. The fourth-order valence-electron chi connectivity index (χ4n) is 3.14. The Hall–Kier alpha value is -2.84. The standard InChI is InChI=1S/C21H24BN3O4/c1-20(2)21(3,4)29-22(28-20)16-10-15-17(11-18(16)26-5)24-12-25-19(15)27-14-8-6-13(23)7-9-14/h6-12H,23H2,1-5H3. The Kier molecular flexibility index (Phi) is 4.63. The molecule has 2 aromatic carbocycles. The van der Waals surface area contributed by atoms with Gasteiger partial charge in [0.05, 0.1) is 29.2 Å². The van der Waals surface area contributed by atoms with Crippen molar-refractivity contribution >= 4 is 29.2 Å². The van der Waals surface area contributed by atoms with Gasteiger partial charge in [-0.2, -0.15) is 0 Å². The van der Waals surface area contributed by atoms with E-state index in [0.29, 0.717) is 28.6 Å². The second-order valence-electron chi connectivity index (χ2n) is 8.05. The predicted molar refractivity (Wildman–Crippen MR) is 113 cm³/mol. The van der Waals surface area contributed by atoms with Crippen molar-refractivity contribution in [2.75, 3.05) is 12.8 Å². The van der Waals surface area contributed by atoms with Gasteiger partial charge in [-0.3, -0.25) is 0 Å². The van der Waals surface area contributed by atoms with E-state index in [4.69, 9.17) is 24.5 Å². The summed E-state index contributed by atoms with van der Waals surface area (Å²) in [6, 6.07) is 10.9. The van der Waals surface area contributed by atoms with E-state index in [-0.39, 0.29) is 0 Å². The van der Waals surface area contributed by atoms with Crippen LogP contribution < -0.4 is 20.7 Å². The van der Waals surface area contributed by atoms with Crippen molar-refractivity contribution in [1.82, 2.24) is 9.97 Å². The van der Waals surface area contributed by atoms with Gasteiger partial charge in [0.15, 0.2) is 0 Å². The third kappa shape index (κ3) is 3.49. The average Bonchev–Trinajstić information content (AvgIpc) is 2.90. The summed E-state index contributed by atoms with van der Waals surface area (Å²) in [6.07, 6.45) is 1.46. The van der Waals surface area contributed by atoms with Gasteiger partial charge in [-0.1, -0.05) is 0 Å². The highest BCUT2D eigenvalue weighted by atomic mass is 16.7. The molecule has 29 heavy (non-hydrogen) atoms. The van der Waals surface area contributed by atoms with E-state index in [9.17, 15) is 0 Å². The van der Waals surface area contributed by atoms with Gasteiger partial charge in [-0.25, -0.2) is 9.97 Å². The number of benzene rings is 2. The molecule has 0 amide bonds. The lowest BCUT2D eigenvalue weighted by Gasteiger charge is -2.32. The zero-order chi connectivity index (χ0) is 20.8. The minimum Gasteiger partial charge on any atom is -0.497 e. The number of ether oxygens (including phenoxy) is 2. The minimum atomic E-state index is -0.580.